The van der Waals surface area contributed by atoms with Crippen molar-refractivity contribution in [3.05, 3.63) is 20.8 Å². The maximum Gasteiger partial charge on any atom is 0.281 e. The number of fused-ring (bicyclic) bond motifs is 1. The van der Waals surface area contributed by atoms with Gasteiger partial charge in [0.25, 0.3) is 5.56 Å². The number of rotatable bonds is 4. The number of carbonyl (C=O) groups is 1. The van der Waals surface area contributed by atoms with Crippen LogP contribution in [0.5, 0.6) is 0 Å². The molecule has 1 fully saturated rings. The number of nitrogen functional groups attached to an aromatic ring is 1. The van der Waals surface area contributed by atoms with Crippen LogP contribution < -0.4 is 11.4 Å². The Morgan fingerprint density at radius 1 is 1.44 bits per heavy atom. The first-order chi connectivity index (χ1) is 11.8. The molecule has 1 aliphatic heterocycles. The molecule has 2 aromatic rings. The Morgan fingerprint density at radius 3 is 2.68 bits per heavy atom. The Labute approximate surface area is 150 Å². The second-order valence-electron chi connectivity index (χ2n) is 5.69. The first-order valence-corrected chi connectivity index (χ1v) is 9.07. The standard InChI is InChI=1S/C14H17N3O6S2/c1-4-7-11(24-10(4)5(2)19)16-14(17(15)12(7)22)25-13-9(21)8(20)6(3-18)23-13/h6,8-9,13,18,20-21H,3,15H2,1-2H3/t6-,8-,9+,13+/m1/s1. The van der Waals surface area contributed by atoms with Crippen LogP contribution in [0.3, 0.4) is 0 Å². The van der Waals surface area contributed by atoms with Crippen LogP contribution in [0.2, 0.25) is 0 Å². The fourth-order valence-electron chi connectivity index (χ4n) is 2.66. The van der Waals surface area contributed by atoms with Gasteiger partial charge in [-0.15, -0.1) is 11.3 Å². The van der Waals surface area contributed by atoms with Gasteiger partial charge in [0.05, 0.1) is 16.9 Å². The molecule has 1 aliphatic rings. The highest BCUT2D eigenvalue weighted by Gasteiger charge is 2.43. The maximum absolute atomic E-state index is 12.5. The molecule has 0 bridgehead atoms. The number of nitrogens with two attached hydrogens (primary N) is 1. The van der Waals surface area contributed by atoms with Gasteiger partial charge >= 0.3 is 0 Å². The number of hydrogen-bond donors (Lipinski definition) is 4. The number of hydrogen-bond acceptors (Lipinski definition) is 10. The zero-order chi connectivity index (χ0) is 18.5. The molecule has 0 saturated carbocycles. The molecule has 0 amide bonds. The van der Waals surface area contributed by atoms with E-state index in [1.54, 1.807) is 6.92 Å². The van der Waals surface area contributed by atoms with Crippen molar-refractivity contribution in [2.45, 2.75) is 42.8 Å². The quantitative estimate of drug-likeness (QED) is 0.301. The van der Waals surface area contributed by atoms with Crippen LogP contribution >= 0.6 is 23.1 Å². The summed E-state index contributed by atoms with van der Waals surface area (Å²) in [7, 11) is 0. The van der Waals surface area contributed by atoms with Crippen molar-refractivity contribution in [2.24, 2.45) is 0 Å². The molecule has 25 heavy (non-hydrogen) atoms. The van der Waals surface area contributed by atoms with E-state index in [0.29, 0.717) is 15.3 Å². The molecule has 11 heteroatoms. The van der Waals surface area contributed by atoms with Gasteiger partial charge in [0.2, 0.25) is 0 Å². The number of thiophene rings is 1. The van der Waals surface area contributed by atoms with Gasteiger partial charge in [-0.25, -0.2) is 9.66 Å². The van der Waals surface area contributed by atoms with E-state index in [1.165, 1.54) is 6.92 Å². The SMILES string of the molecule is CC(=O)c1sc2nc(S[C@@H]3O[C@H](CO)[C@@H](O)[C@@H]3O)n(N)c(=O)c2c1C. The molecular weight excluding hydrogens is 370 g/mol. The zero-order valence-electron chi connectivity index (χ0n) is 13.4. The number of Topliss-reactive ketones (excluding diaryl/α,β-unsaturated/α-hetero) is 1. The van der Waals surface area contributed by atoms with Crippen LogP contribution in [0.15, 0.2) is 9.95 Å². The predicted octanol–water partition coefficient (Wildman–Crippen LogP) is -0.786. The summed E-state index contributed by atoms with van der Waals surface area (Å²) in [6, 6.07) is 0. The van der Waals surface area contributed by atoms with E-state index in [2.05, 4.69) is 4.98 Å². The number of aliphatic hydroxyl groups is 3. The Bertz CT molecular complexity index is 895. The number of aryl methyl sites for hydroxylation is 1. The lowest BCUT2D eigenvalue weighted by atomic mass is 10.2. The fourth-order valence-corrected chi connectivity index (χ4v) is 4.83. The maximum atomic E-state index is 12.5. The minimum Gasteiger partial charge on any atom is -0.394 e. The highest BCUT2D eigenvalue weighted by molar-refractivity contribution is 7.99. The van der Waals surface area contributed by atoms with E-state index in [0.717, 1.165) is 27.8 Å². The minimum atomic E-state index is -1.27. The average molecular weight is 387 g/mol. The number of thioether (sulfide) groups is 1. The van der Waals surface area contributed by atoms with Gasteiger partial charge in [0.15, 0.2) is 10.9 Å². The van der Waals surface area contributed by atoms with Crippen LogP contribution in [-0.2, 0) is 4.74 Å². The van der Waals surface area contributed by atoms with Crippen LogP contribution in [0.1, 0.15) is 22.2 Å². The van der Waals surface area contributed by atoms with Gasteiger partial charge < -0.3 is 25.9 Å². The smallest absolute Gasteiger partial charge is 0.281 e. The van der Waals surface area contributed by atoms with Crippen LogP contribution in [0.25, 0.3) is 10.2 Å². The lowest BCUT2D eigenvalue weighted by Gasteiger charge is -2.15. The predicted molar refractivity (Wildman–Crippen MR) is 92.4 cm³/mol. The first-order valence-electron chi connectivity index (χ1n) is 7.37. The minimum absolute atomic E-state index is 0.0729. The molecule has 3 heterocycles. The van der Waals surface area contributed by atoms with Gasteiger partial charge in [0.1, 0.15) is 28.6 Å². The van der Waals surface area contributed by atoms with Crippen molar-refractivity contribution in [3.8, 4) is 0 Å². The van der Waals surface area contributed by atoms with Crippen molar-refractivity contribution >= 4 is 39.1 Å². The number of nitrogens with zero attached hydrogens (tertiary/aromatic N) is 2. The van der Waals surface area contributed by atoms with E-state index in [-0.39, 0.29) is 16.3 Å². The summed E-state index contributed by atoms with van der Waals surface area (Å²) in [5, 5.41) is 29.3. The third-order valence-corrected chi connectivity index (χ3v) is 6.41. The van der Waals surface area contributed by atoms with E-state index in [1.807, 2.05) is 0 Å². The molecule has 0 aliphatic carbocycles. The largest absolute Gasteiger partial charge is 0.394 e. The molecule has 2 aromatic heterocycles. The summed E-state index contributed by atoms with van der Waals surface area (Å²) < 4.78 is 6.19. The van der Waals surface area contributed by atoms with Gasteiger partial charge in [0, 0.05) is 0 Å². The van der Waals surface area contributed by atoms with E-state index < -0.39 is 35.9 Å². The molecule has 136 valence electrons. The van der Waals surface area contributed by atoms with Gasteiger partial charge in [-0.3, -0.25) is 9.59 Å². The third-order valence-electron chi connectivity index (χ3n) is 4.00. The van der Waals surface area contributed by atoms with E-state index in [4.69, 9.17) is 15.7 Å². The highest BCUT2D eigenvalue weighted by Crippen LogP contribution is 2.34. The lowest BCUT2D eigenvalue weighted by molar-refractivity contribution is -0.00811. The summed E-state index contributed by atoms with van der Waals surface area (Å²) in [6.07, 6.45) is -3.45. The number of aromatic nitrogens is 2. The molecule has 9 nitrogen and oxygen atoms in total. The highest BCUT2D eigenvalue weighted by atomic mass is 32.2. The Kier molecular flexibility index (Phi) is 4.88. The summed E-state index contributed by atoms with van der Waals surface area (Å²) in [4.78, 5) is 29.3. The van der Waals surface area contributed by atoms with E-state index in [9.17, 15) is 19.8 Å². The van der Waals surface area contributed by atoms with Crippen molar-refractivity contribution in [3.63, 3.8) is 0 Å². The van der Waals surface area contributed by atoms with Crippen molar-refractivity contribution in [1.29, 1.82) is 0 Å². The molecule has 0 radical (unpaired) electrons. The van der Waals surface area contributed by atoms with Crippen LogP contribution in [0.4, 0.5) is 0 Å². The van der Waals surface area contributed by atoms with Gasteiger partial charge in [-0.1, -0.05) is 11.8 Å². The fraction of sp³-hybridized carbons (Fsp3) is 0.500. The molecule has 0 spiro atoms. The second-order valence-corrected chi connectivity index (χ2v) is 7.75. The zero-order valence-corrected chi connectivity index (χ0v) is 15.0. The summed E-state index contributed by atoms with van der Waals surface area (Å²) in [6.45, 7) is 2.62. The molecular formula is C14H17N3O6S2. The summed E-state index contributed by atoms with van der Waals surface area (Å²) >= 11 is 1.96. The van der Waals surface area contributed by atoms with E-state index >= 15 is 0 Å². The van der Waals surface area contributed by atoms with Crippen molar-refractivity contribution in [2.75, 3.05) is 12.4 Å². The number of ether oxygens (including phenoxy) is 1. The van der Waals surface area contributed by atoms with Crippen LogP contribution in [-0.4, -0.2) is 61.1 Å². The van der Waals surface area contributed by atoms with Crippen LogP contribution in [0, 0.1) is 6.92 Å². The topological polar surface area (TPSA) is 148 Å². The first kappa shape index (κ1) is 18.3. The lowest BCUT2D eigenvalue weighted by Crippen LogP contribution is -2.34. The number of ketones is 1. The van der Waals surface area contributed by atoms with Gasteiger partial charge in [-0.05, 0) is 19.4 Å². The summed E-state index contributed by atoms with van der Waals surface area (Å²) in [5.41, 5.74) is -0.922. The Morgan fingerprint density at radius 2 is 2.12 bits per heavy atom. The normalized spacial score (nSPS) is 26.4. The second kappa shape index (κ2) is 6.67. The molecule has 0 unspecified atom stereocenters. The Balaban J connectivity index is 2.02. The van der Waals surface area contributed by atoms with Gasteiger partial charge in [-0.2, -0.15) is 0 Å². The average Bonchev–Trinajstić information content (AvgIpc) is 3.04. The number of aliphatic hydroxyl groups excluding tert-OH is 3. The molecule has 3 rings (SSSR count). The molecule has 4 atom stereocenters. The molecule has 1 saturated heterocycles. The number of carbonyl (C=O) groups excluding carboxylic acids is 1. The monoisotopic (exact) mass is 387 g/mol. The molecule has 5 N–H and O–H groups in total. The Hall–Kier alpha value is -1.50. The van der Waals surface area contributed by atoms with Crippen molar-refractivity contribution < 1.29 is 24.9 Å². The third kappa shape index (κ3) is 2.96. The van der Waals surface area contributed by atoms with Crippen molar-refractivity contribution in [1.82, 2.24) is 9.66 Å². The summed E-state index contributed by atoms with van der Waals surface area (Å²) in [5.74, 6) is 5.65. The molecule has 0 aromatic carbocycles.